The quantitative estimate of drug-likeness (QED) is 0.903. The first kappa shape index (κ1) is 16.4. The van der Waals surface area contributed by atoms with E-state index in [1.165, 1.54) is 12.1 Å². The Morgan fingerprint density at radius 3 is 2.37 bits per heavy atom. The van der Waals surface area contributed by atoms with E-state index in [1.54, 1.807) is 17.8 Å². The van der Waals surface area contributed by atoms with Gasteiger partial charge in [0.25, 0.3) is 0 Å². The lowest BCUT2D eigenvalue weighted by molar-refractivity contribution is -0.137. The van der Waals surface area contributed by atoms with Gasteiger partial charge in [0, 0.05) is 16.5 Å². The highest BCUT2D eigenvalue weighted by atomic mass is 32.2. The first-order valence-corrected chi connectivity index (χ1v) is 7.12. The van der Waals surface area contributed by atoms with Gasteiger partial charge in [-0.05, 0) is 18.1 Å². The van der Waals surface area contributed by atoms with Gasteiger partial charge in [0.05, 0.1) is 5.56 Å². The van der Waals surface area contributed by atoms with Gasteiger partial charge < -0.3 is 5.73 Å². The SMILES string of the molecule is CC(C)(C)SCC(N)Cc1cccc(C(F)(F)F)c1. The molecule has 1 aromatic rings. The highest BCUT2D eigenvalue weighted by Crippen LogP contribution is 2.30. The van der Waals surface area contributed by atoms with Crippen LogP contribution < -0.4 is 5.73 Å². The molecule has 0 aromatic heterocycles. The number of hydrogen-bond acceptors (Lipinski definition) is 2. The zero-order chi connectivity index (χ0) is 14.7. The van der Waals surface area contributed by atoms with E-state index in [4.69, 9.17) is 5.73 Å². The maximum Gasteiger partial charge on any atom is 0.416 e. The van der Waals surface area contributed by atoms with E-state index in [9.17, 15) is 13.2 Å². The van der Waals surface area contributed by atoms with E-state index in [0.717, 1.165) is 11.8 Å². The first-order chi connectivity index (χ1) is 8.58. The smallest absolute Gasteiger partial charge is 0.327 e. The summed E-state index contributed by atoms with van der Waals surface area (Å²) in [6.45, 7) is 6.28. The summed E-state index contributed by atoms with van der Waals surface area (Å²) in [5, 5.41) is 0. The molecule has 5 heteroatoms. The Morgan fingerprint density at radius 2 is 1.84 bits per heavy atom. The normalized spacial score (nSPS) is 14.5. The van der Waals surface area contributed by atoms with Crippen molar-refractivity contribution in [1.82, 2.24) is 0 Å². The van der Waals surface area contributed by atoms with Crippen LogP contribution in [0.5, 0.6) is 0 Å². The van der Waals surface area contributed by atoms with Crippen LogP contribution >= 0.6 is 11.8 Å². The van der Waals surface area contributed by atoms with Crippen LogP contribution in [0, 0.1) is 0 Å². The van der Waals surface area contributed by atoms with Gasteiger partial charge in [0.15, 0.2) is 0 Å². The number of thioether (sulfide) groups is 1. The minimum Gasteiger partial charge on any atom is -0.327 e. The molecular formula is C14H20F3NS. The highest BCUT2D eigenvalue weighted by Gasteiger charge is 2.30. The van der Waals surface area contributed by atoms with Crippen molar-refractivity contribution in [1.29, 1.82) is 0 Å². The van der Waals surface area contributed by atoms with Crippen LogP contribution in [0.1, 0.15) is 31.9 Å². The lowest BCUT2D eigenvalue weighted by atomic mass is 10.0. The average Bonchev–Trinajstić information content (AvgIpc) is 2.25. The van der Waals surface area contributed by atoms with Gasteiger partial charge in [-0.2, -0.15) is 24.9 Å². The van der Waals surface area contributed by atoms with E-state index in [1.807, 2.05) is 0 Å². The number of rotatable bonds is 4. The van der Waals surface area contributed by atoms with E-state index >= 15 is 0 Å². The van der Waals surface area contributed by atoms with Crippen molar-refractivity contribution in [2.75, 3.05) is 5.75 Å². The standard InChI is InChI=1S/C14H20F3NS/c1-13(2,3)19-9-12(18)8-10-5-4-6-11(7-10)14(15,16)17/h4-7,12H,8-9,18H2,1-3H3. The largest absolute Gasteiger partial charge is 0.416 e. The maximum atomic E-state index is 12.6. The predicted octanol–water partition coefficient (Wildman–Crippen LogP) is 4.11. The summed E-state index contributed by atoms with van der Waals surface area (Å²) in [6, 6.07) is 5.26. The zero-order valence-corrected chi connectivity index (χ0v) is 12.2. The summed E-state index contributed by atoms with van der Waals surface area (Å²) in [5.41, 5.74) is 6.00. The zero-order valence-electron chi connectivity index (χ0n) is 11.4. The molecule has 0 aliphatic heterocycles. The summed E-state index contributed by atoms with van der Waals surface area (Å²) in [4.78, 5) is 0. The Morgan fingerprint density at radius 1 is 1.21 bits per heavy atom. The molecule has 1 unspecified atom stereocenters. The molecule has 2 N–H and O–H groups in total. The maximum absolute atomic E-state index is 12.6. The highest BCUT2D eigenvalue weighted by molar-refractivity contribution is 8.00. The fourth-order valence-corrected chi connectivity index (χ4v) is 2.43. The van der Waals surface area contributed by atoms with Gasteiger partial charge in [0.1, 0.15) is 0 Å². The molecule has 0 fully saturated rings. The monoisotopic (exact) mass is 291 g/mol. The lowest BCUT2D eigenvalue weighted by Gasteiger charge is -2.20. The third kappa shape index (κ3) is 6.34. The lowest BCUT2D eigenvalue weighted by Crippen LogP contribution is -2.28. The van der Waals surface area contributed by atoms with Gasteiger partial charge in [-0.3, -0.25) is 0 Å². The molecule has 0 aliphatic carbocycles. The van der Waals surface area contributed by atoms with Crippen molar-refractivity contribution >= 4 is 11.8 Å². The van der Waals surface area contributed by atoms with Crippen LogP contribution in [0.25, 0.3) is 0 Å². The number of halogens is 3. The molecule has 0 amide bonds. The topological polar surface area (TPSA) is 26.0 Å². The van der Waals surface area contributed by atoms with Crippen LogP contribution in [0.3, 0.4) is 0 Å². The van der Waals surface area contributed by atoms with Crippen LogP contribution in [0.15, 0.2) is 24.3 Å². The minimum atomic E-state index is -4.29. The summed E-state index contributed by atoms with van der Waals surface area (Å²) >= 11 is 1.72. The van der Waals surface area contributed by atoms with Crippen LogP contribution in [0.2, 0.25) is 0 Å². The molecule has 0 spiro atoms. The van der Waals surface area contributed by atoms with Crippen LogP contribution in [-0.4, -0.2) is 16.5 Å². The molecule has 0 bridgehead atoms. The third-order valence-corrected chi connectivity index (χ3v) is 3.94. The second kappa shape index (κ2) is 6.18. The van der Waals surface area contributed by atoms with Crippen molar-refractivity contribution in [2.24, 2.45) is 5.73 Å². The van der Waals surface area contributed by atoms with Crippen molar-refractivity contribution in [2.45, 2.75) is 44.2 Å². The molecule has 108 valence electrons. The Hall–Kier alpha value is -0.680. The van der Waals surface area contributed by atoms with E-state index in [2.05, 4.69) is 20.8 Å². The summed E-state index contributed by atoms with van der Waals surface area (Å²) in [5.74, 6) is 0.736. The summed E-state index contributed by atoms with van der Waals surface area (Å²) in [7, 11) is 0. The van der Waals surface area contributed by atoms with Crippen molar-refractivity contribution < 1.29 is 13.2 Å². The molecule has 1 nitrogen and oxygen atoms in total. The van der Waals surface area contributed by atoms with E-state index in [0.29, 0.717) is 12.0 Å². The van der Waals surface area contributed by atoms with Crippen LogP contribution in [-0.2, 0) is 12.6 Å². The Bertz CT molecular complexity index is 410. The summed E-state index contributed by atoms with van der Waals surface area (Å²) < 4.78 is 37.8. The Kier molecular flexibility index (Phi) is 5.33. The number of benzene rings is 1. The van der Waals surface area contributed by atoms with Gasteiger partial charge in [-0.1, -0.05) is 39.0 Å². The predicted molar refractivity (Wildman–Crippen MR) is 75.3 cm³/mol. The fraction of sp³-hybridized carbons (Fsp3) is 0.571. The number of alkyl halides is 3. The molecule has 0 aliphatic rings. The third-order valence-electron chi connectivity index (χ3n) is 2.48. The molecule has 19 heavy (non-hydrogen) atoms. The molecule has 0 radical (unpaired) electrons. The Labute approximate surface area is 116 Å². The molecule has 0 saturated carbocycles. The van der Waals surface area contributed by atoms with Gasteiger partial charge in [-0.15, -0.1) is 0 Å². The second-order valence-corrected chi connectivity index (χ2v) is 7.43. The molecule has 1 atom stereocenters. The second-order valence-electron chi connectivity index (χ2n) is 5.59. The molecule has 1 rings (SSSR count). The average molecular weight is 291 g/mol. The molecule has 1 aromatic carbocycles. The van der Waals surface area contributed by atoms with Crippen molar-refractivity contribution in [3.63, 3.8) is 0 Å². The van der Waals surface area contributed by atoms with E-state index in [-0.39, 0.29) is 10.8 Å². The number of hydrogen-bond donors (Lipinski definition) is 1. The number of nitrogens with two attached hydrogens (primary N) is 1. The van der Waals surface area contributed by atoms with Gasteiger partial charge >= 0.3 is 6.18 Å². The molecule has 0 heterocycles. The first-order valence-electron chi connectivity index (χ1n) is 6.13. The Balaban J connectivity index is 2.62. The summed E-state index contributed by atoms with van der Waals surface area (Å²) in [6.07, 6.45) is -3.83. The molecular weight excluding hydrogens is 271 g/mol. The van der Waals surface area contributed by atoms with Crippen molar-refractivity contribution in [3.8, 4) is 0 Å². The van der Waals surface area contributed by atoms with Gasteiger partial charge in [-0.25, -0.2) is 0 Å². The fourth-order valence-electron chi connectivity index (χ4n) is 1.59. The molecule has 0 saturated heterocycles. The minimum absolute atomic E-state index is 0.117. The van der Waals surface area contributed by atoms with Crippen LogP contribution in [0.4, 0.5) is 13.2 Å². The van der Waals surface area contributed by atoms with Crippen molar-refractivity contribution in [3.05, 3.63) is 35.4 Å². The van der Waals surface area contributed by atoms with E-state index < -0.39 is 11.7 Å². The van der Waals surface area contributed by atoms with Gasteiger partial charge in [0.2, 0.25) is 0 Å².